The number of sulfonamides is 1. The van der Waals surface area contributed by atoms with E-state index >= 15 is 0 Å². The van der Waals surface area contributed by atoms with Gasteiger partial charge in [-0.2, -0.15) is 4.31 Å². The van der Waals surface area contributed by atoms with Crippen LogP contribution in [0.3, 0.4) is 0 Å². The molecule has 1 heterocycles. The van der Waals surface area contributed by atoms with Gasteiger partial charge in [0.25, 0.3) is 0 Å². The Morgan fingerprint density at radius 2 is 1.89 bits per heavy atom. The quantitative estimate of drug-likeness (QED) is 0.290. The summed E-state index contributed by atoms with van der Waals surface area (Å²) in [4.78, 5) is 5.63. The summed E-state index contributed by atoms with van der Waals surface area (Å²) in [6.07, 6.45) is 2.00. The normalized spacial score (nSPS) is 12.6. The number of aliphatic hydroxyl groups excluding tert-OH is 1. The number of benzene rings is 2. The van der Waals surface area contributed by atoms with Gasteiger partial charge in [-0.25, -0.2) is 13.4 Å². The van der Waals surface area contributed by atoms with Crippen LogP contribution in [0, 0.1) is 12.8 Å². The molecular formula is C26H33ClN2O5S2. The zero-order chi connectivity index (χ0) is 26.1. The first-order valence-electron chi connectivity index (χ1n) is 11.8. The Morgan fingerprint density at radius 1 is 1.14 bits per heavy atom. The van der Waals surface area contributed by atoms with Crippen LogP contribution >= 0.6 is 22.9 Å². The number of aromatic nitrogens is 1. The average molecular weight is 553 g/mol. The van der Waals surface area contributed by atoms with Gasteiger partial charge in [-0.1, -0.05) is 24.6 Å². The highest BCUT2D eigenvalue weighted by Crippen LogP contribution is 2.30. The van der Waals surface area contributed by atoms with Crippen LogP contribution in [-0.2, 0) is 23.0 Å². The minimum Gasteiger partial charge on any atom is -0.493 e. The molecule has 1 unspecified atom stereocenters. The summed E-state index contributed by atoms with van der Waals surface area (Å²) in [5.74, 6) is 1.34. The number of nitrogens with zero attached hydrogens (tertiary/aromatic N) is 2. The lowest BCUT2D eigenvalue weighted by molar-refractivity contribution is 0.251. The third-order valence-electron chi connectivity index (χ3n) is 5.96. The van der Waals surface area contributed by atoms with Crippen molar-refractivity contribution in [3.05, 3.63) is 69.1 Å². The number of aliphatic hydroxyl groups is 1. The highest BCUT2D eigenvalue weighted by atomic mass is 35.5. The predicted octanol–water partition coefficient (Wildman–Crippen LogP) is 5.33. The van der Waals surface area contributed by atoms with E-state index in [1.807, 2.05) is 37.6 Å². The number of aryl methyl sites for hydroxylation is 1. The minimum atomic E-state index is -3.76. The molecule has 0 bridgehead atoms. The number of rotatable bonds is 14. The molecule has 196 valence electrons. The fourth-order valence-electron chi connectivity index (χ4n) is 3.72. The van der Waals surface area contributed by atoms with Gasteiger partial charge >= 0.3 is 0 Å². The Labute approximate surface area is 222 Å². The lowest BCUT2D eigenvalue weighted by atomic mass is 10.0. The molecule has 2 aromatic carbocycles. The molecule has 0 amide bonds. The van der Waals surface area contributed by atoms with E-state index in [0.717, 1.165) is 17.7 Å². The van der Waals surface area contributed by atoms with Gasteiger partial charge < -0.3 is 14.6 Å². The molecule has 0 aliphatic carbocycles. The Kier molecular flexibility index (Phi) is 10.6. The standard InChI is InChI=1S/C26H33ClN2O5S2/c1-19(11-14-30)10-13-29(36(31,32)23-7-5-22(27)6-8-23)17-21-4-9-24(25(16-21)33-3)34-15-12-26-20(2)28-18-35-26/h4-9,16,18-19,30H,10-15,17H2,1-3H3. The van der Waals surface area contributed by atoms with Gasteiger partial charge in [-0.15, -0.1) is 11.3 Å². The Morgan fingerprint density at radius 3 is 2.53 bits per heavy atom. The summed E-state index contributed by atoms with van der Waals surface area (Å²) in [5.41, 5.74) is 3.63. The maximum absolute atomic E-state index is 13.5. The molecule has 1 atom stereocenters. The van der Waals surface area contributed by atoms with Crippen LogP contribution in [0.15, 0.2) is 52.9 Å². The number of methoxy groups -OCH3 is 1. The SMILES string of the molecule is COc1cc(CN(CCC(C)CCO)S(=O)(=O)c2ccc(Cl)cc2)ccc1OCCc1scnc1C. The van der Waals surface area contributed by atoms with E-state index in [4.69, 9.17) is 21.1 Å². The third kappa shape index (κ3) is 7.66. The number of hydrogen-bond acceptors (Lipinski definition) is 7. The molecule has 0 fully saturated rings. The molecule has 1 aromatic heterocycles. The average Bonchev–Trinajstić information content (AvgIpc) is 3.27. The van der Waals surface area contributed by atoms with Crippen molar-refractivity contribution in [1.82, 2.24) is 9.29 Å². The maximum Gasteiger partial charge on any atom is 0.243 e. The summed E-state index contributed by atoms with van der Waals surface area (Å²) in [7, 11) is -2.20. The highest BCUT2D eigenvalue weighted by Gasteiger charge is 2.25. The second kappa shape index (κ2) is 13.4. The molecule has 36 heavy (non-hydrogen) atoms. The van der Waals surface area contributed by atoms with E-state index in [0.29, 0.717) is 42.5 Å². The molecule has 7 nitrogen and oxygen atoms in total. The van der Waals surface area contributed by atoms with Gasteiger partial charge in [0.2, 0.25) is 10.0 Å². The molecule has 0 radical (unpaired) electrons. The number of thiazole rings is 1. The fraction of sp³-hybridized carbons (Fsp3) is 0.423. The molecule has 0 spiro atoms. The van der Waals surface area contributed by atoms with E-state index < -0.39 is 10.0 Å². The van der Waals surface area contributed by atoms with Gasteiger partial charge in [0.1, 0.15) is 0 Å². The van der Waals surface area contributed by atoms with E-state index in [2.05, 4.69) is 4.98 Å². The first-order chi connectivity index (χ1) is 17.2. The van der Waals surface area contributed by atoms with Crippen molar-refractivity contribution >= 4 is 33.0 Å². The van der Waals surface area contributed by atoms with Crippen LogP contribution in [0.4, 0.5) is 0 Å². The van der Waals surface area contributed by atoms with Gasteiger partial charge in [0.05, 0.1) is 29.8 Å². The minimum absolute atomic E-state index is 0.0757. The highest BCUT2D eigenvalue weighted by molar-refractivity contribution is 7.89. The molecule has 3 rings (SSSR count). The summed E-state index contributed by atoms with van der Waals surface area (Å²) < 4.78 is 40.0. The van der Waals surface area contributed by atoms with E-state index in [1.165, 1.54) is 21.3 Å². The van der Waals surface area contributed by atoms with Crippen LogP contribution < -0.4 is 9.47 Å². The van der Waals surface area contributed by atoms with Crippen molar-refractivity contribution in [2.75, 3.05) is 26.9 Å². The third-order valence-corrected chi connectivity index (χ3v) is 9.07. The van der Waals surface area contributed by atoms with Crippen molar-refractivity contribution < 1.29 is 23.0 Å². The van der Waals surface area contributed by atoms with Crippen LogP contribution in [0.5, 0.6) is 11.5 Å². The molecule has 1 N–H and O–H groups in total. The Balaban J connectivity index is 1.77. The summed E-state index contributed by atoms with van der Waals surface area (Å²) in [6, 6.07) is 11.7. The van der Waals surface area contributed by atoms with Crippen LogP contribution in [0.1, 0.15) is 35.9 Å². The van der Waals surface area contributed by atoms with Crippen LogP contribution in [0.2, 0.25) is 5.02 Å². The second-order valence-electron chi connectivity index (χ2n) is 8.64. The van der Waals surface area contributed by atoms with Gasteiger partial charge in [0.15, 0.2) is 11.5 Å². The molecule has 0 aliphatic rings. The number of hydrogen-bond donors (Lipinski definition) is 1. The largest absolute Gasteiger partial charge is 0.493 e. The van der Waals surface area contributed by atoms with Gasteiger partial charge in [0, 0.05) is 36.0 Å². The van der Waals surface area contributed by atoms with Crippen molar-refractivity contribution in [2.45, 2.75) is 44.6 Å². The van der Waals surface area contributed by atoms with Crippen LogP contribution in [0.25, 0.3) is 0 Å². The fourth-order valence-corrected chi connectivity index (χ4v) is 6.05. The number of halogens is 1. The van der Waals surface area contributed by atoms with E-state index in [1.54, 1.807) is 30.6 Å². The first kappa shape index (κ1) is 28.4. The Bertz CT molecular complexity index is 1220. The summed E-state index contributed by atoms with van der Waals surface area (Å²) >= 11 is 7.58. The number of ether oxygens (including phenoxy) is 2. The van der Waals surface area contributed by atoms with Gasteiger partial charge in [-0.3, -0.25) is 0 Å². The first-order valence-corrected chi connectivity index (χ1v) is 14.5. The Hall–Kier alpha value is -2.17. The molecule has 0 aliphatic heterocycles. The molecule has 3 aromatic rings. The topological polar surface area (TPSA) is 89.0 Å². The van der Waals surface area contributed by atoms with Crippen molar-refractivity contribution in [3.8, 4) is 11.5 Å². The van der Waals surface area contributed by atoms with Crippen LogP contribution in [-0.4, -0.2) is 49.7 Å². The summed E-state index contributed by atoms with van der Waals surface area (Å²) in [5, 5.41) is 9.72. The molecule has 0 saturated heterocycles. The van der Waals surface area contributed by atoms with E-state index in [-0.39, 0.29) is 24.0 Å². The molecular weight excluding hydrogens is 520 g/mol. The lowest BCUT2D eigenvalue weighted by Crippen LogP contribution is -2.32. The zero-order valence-electron chi connectivity index (χ0n) is 20.8. The zero-order valence-corrected chi connectivity index (χ0v) is 23.2. The maximum atomic E-state index is 13.5. The van der Waals surface area contributed by atoms with Gasteiger partial charge in [-0.05, 0) is 67.6 Å². The van der Waals surface area contributed by atoms with Crippen molar-refractivity contribution in [1.29, 1.82) is 0 Å². The second-order valence-corrected chi connectivity index (χ2v) is 12.0. The lowest BCUT2D eigenvalue weighted by Gasteiger charge is -2.24. The smallest absolute Gasteiger partial charge is 0.243 e. The summed E-state index contributed by atoms with van der Waals surface area (Å²) in [6.45, 7) is 5.04. The van der Waals surface area contributed by atoms with Crippen molar-refractivity contribution in [3.63, 3.8) is 0 Å². The monoisotopic (exact) mass is 552 g/mol. The van der Waals surface area contributed by atoms with Crippen molar-refractivity contribution in [2.24, 2.45) is 5.92 Å². The van der Waals surface area contributed by atoms with E-state index in [9.17, 15) is 13.5 Å². The molecule has 10 heteroatoms. The predicted molar refractivity (Wildman–Crippen MR) is 144 cm³/mol. The molecule has 0 saturated carbocycles.